The van der Waals surface area contributed by atoms with Crippen LogP contribution in [0.5, 0.6) is 0 Å². The van der Waals surface area contributed by atoms with Crippen molar-refractivity contribution in [2.24, 2.45) is 5.41 Å². The highest BCUT2D eigenvalue weighted by molar-refractivity contribution is 7.17. The maximum absolute atomic E-state index is 12.7. The van der Waals surface area contributed by atoms with Crippen LogP contribution in [0.2, 0.25) is 0 Å². The number of H-pyrrole nitrogens is 1. The van der Waals surface area contributed by atoms with Gasteiger partial charge in [0.2, 0.25) is 0 Å². The van der Waals surface area contributed by atoms with Gasteiger partial charge in [0.05, 0.1) is 9.75 Å². The fraction of sp³-hybridized carbons (Fsp3) is 0.529. The van der Waals surface area contributed by atoms with Crippen molar-refractivity contribution in [2.45, 2.75) is 19.3 Å². The first-order valence-electron chi connectivity index (χ1n) is 8.23. The van der Waals surface area contributed by atoms with E-state index in [-0.39, 0.29) is 5.91 Å². The number of rotatable bonds is 2. The number of imidazole rings is 1. The fourth-order valence-corrected chi connectivity index (χ4v) is 4.82. The fourth-order valence-electron chi connectivity index (χ4n) is 3.89. The van der Waals surface area contributed by atoms with Crippen LogP contribution in [0.1, 0.15) is 28.9 Å². The van der Waals surface area contributed by atoms with Crippen molar-refractivity contribution in [3.05, 3.63) is 29.4 Å². The molecule has 0 aromatic carbocycles. The van der Waals surface area contributed by atoms with Crippen LogP contribution in [0.15, 0.2) is 24.5 Å². The Labute approximate surface area is 140 Å². The molecular weight excluding hydrogens is 308 g/mol. The number of carbonyl (C=O) groups is 1. The van der Waals surface area contributed by atoms with Gasteiger partial charge in [0.15, 0.2) is 0 Å². The number of nitrogens with zero attached hydrogens (tertiary/aromatic N) is 3. The molecule has 1 spiro atoms. The van der Waals surface area contributed by atoms with Crippen molar-refractivity contribution in [3.8, 4) is 10.7 Å². The van der Waals surface area contributed by atoms with Gasteiger partial charge >= 0.3 is 0 Å². The minimum atomic E-state index is 0.175. The third kappa shape index (κ3) is 2.81. The van der Waals surface area contributed by atoms with Crippen molar-refractivity contribution in [3.63, 3.8) is 0 Å². The zero-order valence-electron chi connectivity index (χ0n) is 13.4. The first-order valence-corrected chi connectivity index (χ1v) is 9.04. The number of hydrogen-bond acceptors (Lipinski definition) is 4. The molecule has 4 heterocycles. The zero-order valence-corrected chi connectivity index (χ0v) is 14.2. The molecule has 0 radical (unpaired) electrons. The first-order chi connectivity index (χ1) is 11.2. The summed E-state index contributed by atoms with van der Waals surface area (Å²) in [6, 6.07) is 3.91. The molecule has 2 aliphatic rings. The van der Waals surface area contributed by atoms with E-state index in [1.54, 1.807) is 12.4 Å². The third-order valence-corrected chi connectivity index (χ3v) is 6.37. The number of aromatic nitrogens is 2. The van der Waals surface area contributed by atoms with E-state index >= 15 is 0 Å². The molecule has 0 saturated carbocycles. The van der Waals surface area contributed by atoms with E-state index in [9.17, 15) is 4.79 Å². The Morgan fingerprint density at radius 2 is 2.04 bits per heavy atom. The van der Waals surface area contributed by atoms with E-state index < -0.39 is 0 Å². The molecule has 0 unspecified atom stereocenters. The Hall–Kier alpha value is -1.66. The third-order valence-electron chi connectivity index (χ3n) is 5.29. The van der Waals surface area contributed by atoms with Crippen molar-refractivity contribution in [2.75, 3.05) is 33.2 Å². The van der Waals surface area contributed by atoms with Crippen LogP contribution in [0.3, 0.4) is 0 Å². The largest absolute Gasteiger partial charge is 0.344 e. The van der Waals surface area contributed by atoms with Crippen molar-refractivity contribution >= 4 is 17.2 Å². The van der Waals surface area contributed by atoms with E-state index in [1.165, 1.54) is 30.8 Å². The Balaban J connectivity index is 1.42. The quantitative estimate of drug-likeness (QED) is 0.921. The molecule has 1 N–H and O–H groups in total. The maximum Gasteiger partial charge on any atom is 0.263 e. The lowest BCUT2D eigenvalue weighted by molar-refractivity contribution is 0.0598. The number of carbonyl (C=O) groups excluding carboxylic acids is 1. The van der Waals surface area contributed by atoms with Gasteiger partial charge in [-0.3, -0.25) is 4.79 Å². The van der Waals surface area contributed by atoms with Gasteiger partial charge in [-0.25, -0.2) is 4.98 Å². The predicted octanol–water partition coefficient (Wildman–Crippen LogP) is 2.70. The maximum atomic E-state index is 12.7. The van der Waals surface area contributed by atoms with Crippen LogP contribution in [-0.2, 0) is 0 Å². The molecular formula is C17H22N4OS. The summed E-state index contributed by atoms with van der Waals surface area (Å²) in [7, 11) is 2.20. The number of thiophene rings is 1. The van der Waals surface area contributed by atoms with Crippen molar-refractivity contribution < 1.29 is 4.79 Å². The molecule has 0 bridgehead atoms. The van der Waals surface area contributed by atoms with Crippen LogP contribution >= 0.6 is 11.3 Å². The molecule has 5 nitrogen and oxygen atoms in total. The van der Waals surface area contributed by atoms with Gasteiger partial charge < -0.3 is 14.8 Å². The highest BCUT2D eigenvalue weighted by Crippen LogP contribution is 2.40. The van der Waals surface area contributed by atoms with E-state index in [4.69, 9.17) is 0 Å². The van der Waals surface area contributed by atoms with Crippen LogP contribution in [-0.4, -0.2) is 58.9 Å². The van der Waals surface area contributed by atoms with Crippen molar-refractivity contribution in [1.82, 2.24) is 19.8 Å². The lowest BCUT2D eigenvalue weighted by Gasteiger charge is -2.39. The van der Waals surface area contributed by atoms with Gasteiger partial charge in [-0.05, 0) is 50.4 Å². The second-order valence-corrected chi connectivity index (χ2v) is 7.97. The smallest absolute Gasteiger partial charge is 0.263 e. The minimum Gasteiger partial charge on any atom is -0.344 e. The molecule has 2 saturated heterocycles. The summed E-state index contributed by atoms with van der Waals surface area (Å²) in [6.07, 6.45) is 7.10. The first kappa shape index (κ1) is 14.9. The summed E-state index contributed by atoms with van der Waals surface area (Å²) < 4.78 is 0. The molecule has 4 rings (SSSR count). The number of piperidine rings is 1. The van der Waals surface area contributed by atoms with E-state index in [0.29, 0.717) is 5.41 Å². The summed E-state index contributed by atoms with van der Waals surface area (Å²) in [5.41, 5.74) is 0.459. The minimum absolute atomic E-state index is 0.175. The molecule has 122 valence electrons. The summed E-state index contributed by atoms with van der Waals surface area (Å²) in [5, 5.41) is 0. The van der Waals surface area contributed by atoms with Crippen LogP contribution < -0.4 is 0 Å². The normalized spacial score (nSPS) is 21.2. The molecule has 1 amide bonds. The van der Waals surface area contributed by atoms with E-state index in [2.05, 4.69) is 21.9 Å². The topological polar surface area (TPSA) is 52.2 Å². The molecule has 2 aromatic heterocycles. The number of hydrogen-bond donors (Lipinski definition) is 1. The Kier molecular flexibility index (Phi) is 3.73. The van der Waals surface area contributed by atoms with E-state index in [0.717, 1.165) is 41.5 Å². The zero-order chi connectivity index (χ0) is 15.9. The van der Waals surface area contributed by atoms with Gasteiger partial charge in [-0.15, -0.1) is 11.3 Å². The molecule has 2 aliphatic heterocycles. The average molecular weight is 330 g/mol. The summed E-state index contributed by atoms with van der Waals surface area (Å²) in [6.45, 7) is 4.17. The molecule has 2 aromatic rings. The van der Waals surface area contributed by atoms with Crippen molar-refractivity contribution in [1.29, 1.82) is 0 Å². The average Bonchev–Trinajstić information content (AvgIpc) is 3.28. The van der Waals surface area contributed by atoms with Crippen LogP contribution in [0.25, 0.3) is 10.7 Å². The summed E-state index contributed by atoms with van der Waals surface area (Å²) in [4.78, 5) is 26.4. The highest BCUT2D eigenvalue weighted by Gasteiger charge is 2.40. The van der Waals surface area contributed by atoms with Gasteiger partial charge in [0.1, 0.15) is 5.82 Å². The monoisotopic (exact) mass is 330 g/mol. The second kappa shape index (κ2) is 5.76. The summed E-state index contributed by atoms with van der Waals surface area (Å²) in [5.74, 6) is 1.01. The number of nitrogens with one attached hydrogen (secondary N) is 1. The standard InChI is InChI=1S/C17H22N4OS/c1-20-9-4-17(12-20)5-10-21(11-6-17)16(22)14-3-2-13(23-14)15-18-7-8-19-15/h2-3,7-8H,4-6,9-12H2,1H3,(H,18,19). The predicted molar refractivity (Wildman–Crippen MR) is 91.6 cm³/mol. The molecule has 2 fully saturated rings. The lowest BCUT2D eigenvalue weighted by Crippen LogP contribution is -2.43. The number of amides is 1. The van der Waals surface area contributed by atoms with Gasteiger partial charge in [0.25, 0.3) is 5.91 Å². The molecule has 0 aliphatic carbocycles. The van der Waals surface area contributed by atoms with Gasteiger partial charge in [-0.2, -0.15) is 0 Å². The highest BCUT2D eigenvalue weighted by atomic mass is 32.1. The summed E-state index contributed by atoms with van der Waals surface area (Å²) >= 11 is 1.52. The Bertz CT molecular complexity index is 685. The molecule has 6 heteroatoms. The lowest BCUT2D eigenvalue weighted by atomic mass is 9.78. The number of aromatic amines is 1. The Morgan fingerprint density at radius 3 is 2.70 bits per heavy atom. The second-order valence-electron chi connectivity index (χ2n) is 6.88. The van der Waals surface area contributed by atoms with Crippen LogP contribution in [0, 0.1) is 5.41 Å². The van der Waals surface area contributed by atoms with Crippen LogP contribution in [0.4, 0.5) is 0 Å². The molecule has 0 atom stereocenters. The molecule has 23 heavy (non-hydrogen) atoms. The van der Waals surface area contributed by atoms with Gasteiger partial charge in [0, 0.05) is 32.0 Å². The van der Waals surface area contributed by atoms with E-state index in [1.807, 2.05) is 17.0 Å². The number of likely N-dealkylation sites (tertiary alicyclic amines) is 2. The Morgan fingerprint density at radius 1 is 1.26 bits per heavy atom. The SMILES string of the molecule is CN1CCC2(CCN(C(=O)c3ccc(-c4ncc[nH]4)s3)CC2)C1. The van der Waals surface area contributed by atoms with Gasteiger partial charge in [-0.1, -0.05) is 0 Å².